The molecule has 0 aliphatic heterocycles. The molecule has 0 bridgehead atoms. The number of carbonyl (C=O) groups is 1. The maximum absolute atomic E-state index is 11.1. The topological polar surface area (TPSA) is 104 Å². The second-order valence-corrected chi connectivity index (χ2v) is 9.26. The number of anilines is 1. The van der Waals surface area contributed by atoms with E-state index in [0.717, 1.165) is 57.2 Å². The summed E-state index contributed by atoms with van der Waals surface area (Å²) in [6, 6.07) is 15.3. The molecule has 1 unspecified atom stereocenters. The molecule has 2 amide bonds. The maximum Gasteiger partial charge on any atom is 0.316 e. The fourth-order valence-electron chi connectivity index (χ4n) is 4.88. The van der Waals surface area contributed by atoms with E-state index in [1.54, 1.807) is 0 Å². The molecule has 1 aliphatic rings. The van der Waals surface area contributed by atoms with Crippen LogP contribution in [-0.2, 0) is 12.8 Å². The van der Waals surface area contributed by atoms with Crippen LogP contribution in [0.5, 0.6) is 0 Å². The molecule has 2 heterocycles. The molecule has 5 N–H and O–H groups in total. The molecule has 5 rings (SSSR count). The average Bonchev–Trinajstić information content (AvgIpc) is 3.08. The number of nitrogens with zero attached hydrogens (tertiary/aromatic N) is 1. The van der Waals surface area contributed by atoms with E-state index in [4.69, 9.17) is 10.7 Å². The van der Waals surface area contributed by atoms with Crippen molar-refractivity contribution in [3.63, 3.8) is 0 Å². The lowest BCUT2D eigenvalue weighted by Gasteiger charge is -2.34. The lowest BCUT2D eigenvalue weighted by Crippen LogP contribution is -2.27. The second kappa shape index (κ2) is 7.10. The van der Waals surface area contributed by atoms with Crippen LogP contribution in [0.15, 0.2) is 48.5 Å². The summed E-state index contributed by atoms with van der Waals surface area (Å²) in [5, 5.41) is 15.9. The Morgan fingerprint density at radius 2 is 1.97 bits per heavy atom. The largest absolute Gasteiger partial charge is 0.388 e. The average molecular weight is 415 g/mol. The van der Waals surface area contributed by atoms with Crippen molar-refractivity contribution in [3.05, 3.63) is 71.0 Å². The number of H-pyrrole nitrogens is 1. The number of aromatic amines is 1. The zero-order valence-electron chi connectivity index (χ0n) is 17.7. The van der Waals surface area contributed by atoms with Crippen LogP contribution in [0.3, 0.4) is 0 Å². The summed E-state index contributed by atoms with van der Waals surface area (Å²) < 4.78 is 0. The van der Waals surface area contributed by atoms with Gasteiger partial charge in [-0.3, -0.25) is 4.98 Å². The first-order chi connectivity index (χ1) is 14.8. The van der Waals surface area contributed by atoms with Gasteiger partial charge in [0.25, 0.3) is 0 Å². The smallest absolute Gasteiger partial charge is 0.316 e. The van der Waals surface area contributed by atoms with Crippen LogP contribution >= 0.6 is 0 Å². The van der Waals surface area contributed by atoms with E-state index < -0.39 is 12.1 Å². The Balaban J connectivity index is 1.66. The molecule has 4 aromatic rings. The highest BCUT2D eigenvalue weighted by molar-refractivity contribution is 6.10. The molecule has 0 spiro atoms. The highest BCUT2D eigenvalue weighted by Gasteiger charge is 2.35. The van der Waals surface area contributed by atoms with E-state index in [-0.39, 0.29) is 5.41 Å². The number of primary amides is 1. The van der Waals surface area contributed by atoms with Gasteiger partial charge in [0.05, 0.1) is 17.3 Å². The van der Waals surface area contributed by atoms with Gasteiger partial charge in [-0.25, -0.2) is 4.79 Å². The first-order valence-electron chi connectivity index (χ1n) is 10.6. The standard InChI is InChI=1S/C25H26N4O2/c1-25(2)12-19-22(20(30)13-25)21-16-5-3-4-6-17(16)29-23(21)18(28-19)11-14-7-9-15(10-8-14)27-24(26)31/h3-10,20,29-30H,11-13H2,1-2H3,(H3,26,27,31). The number of amides is 2. The van der Waals surface area contributed by atoms with Gasteiger partial charge in [0.1, 0.15) is 0 Å². The van der Waals surface area contributed by atoms with Gasteiger partial charge in [-0.1, -0.05) is 44.2 Å². The third-order valence-corrected chi connectivity index (χ3v) is 6.16. The third-order valence-electron chi connectivity index (χ3n) is 6.16. The van der Waals surface area contributed by atoms with Crippen LogP contribution in [0.2, 0.25) is 0 Å². The van der Waals surface area contributed by atoms with Crippen molar-refractivity contribution in [2.24, 2.45) is 11.1 Å². The predicted octanol–water partition coefficient (Wildman–Crippen LogP) is 4.80. The molecule has 6 nitrogen and oxygen atoms in total. The number of aliphatic hydroxyl groups is 1. The first-order valence-corrected chi connectivity index (χ1v) is 10.6. The molecule has 1 atom stereocenters. The monoisotopic (exact) mass is 414 g/mol. The molecular weight excluding hydrogens is 388 g/mol. The number of para-hydroxylation sites is 1. The fourth-order valence-corrected chi connectivity index (χ4v) is 4.88. The normalized spacial score (nSPS) is 17.6. The van der Waals surface area contributed by atoms with Gasteiger partial charge in [0, 0.05) is 39.7 Å². The van der Waals surface area contributed by atoms with Gasteiger partial charge in [0.2, 0.25) is 0 Å². The molecule has 6 heteroatoms. The van der Waals surface area contributed by atoms with Crippen LogP contribution in [0, 0.1) is 5.41 Å². The summed E-state index contributed by atoms with van der Waals surface area (Å²) in [7, 11) is 0. The lowest BCUT2D eigenvalue weighted by atomic mass is 9.74. The van der Waals surface area contributed by atoms with E-state index in [1.807, 2.05) is 36.4 Å². The van der Waals surface area contributed by atoms with E-state index in [2.05, 4.69) is 36.3 Å². The zero-order valence-corrected chi connectivity index (χ0v) is 17.7. The van der Waals surface area contributed by atoms with Crippen molar-refractivity contribution >= 4 is 33.5 Å². The number of aromatic nitrogens is 2. The zero-order chi connectivity index (χ0) is 21.8. The number of benzene rings is 2. The second-order valence-electron chi connectivity index (χ2n) is 9.26. The molecule has 0 radical (unpaired) electrons. The van der Waals surface area contributed by atoms with Crippen LogP contribution in [-0.4, -0.2) is 21.1 Å². The minimum atomic E-state index is -0.579. The van der Waals surface area contributed by atoms with Crippen LogP contribution in [0.25, 0.3) is 21.8 Å². The van der Waals surface area contributed by atoms with Crippen molar-refractivity contribution in [1.82, 2.24) is 9.97 Å². The number of fused-ring (bicyclic) bond motifs is 5. The SMILES string of the molecule is CC1(C)Cc2nc(Cc3ccc(NC(N)=O)cc3)c3[nH]c4ccccc4c3c2C(O)C1. The molecule has 0 fully saturated rings. The van der Waals surface area contributed by atoms with Gasteiger partial charge in [-0.2, -0.15) is 0 Å². The van der Waals surface area contributed by atoms with Gasteiger partial charge >= 0.3 is 6.03 Å². The number of rotatable bonds is 3. The van der Waals surface area contributed by atoms with Crippen LogP contribution < -0.4 is 11.1 Å². The highest BCUT2D eigenvalue weighted by Crippen LogP contribution is 2.45. The Morgan fingerprint density at radius 1 is 1.23 bits per heavy atom. The van der Waals surface area contributed by atoms with Crippen molar-refractivity contribution in [3.8, 4) is 0 Å². The minimum absolute atomic E-state index is 0.00144. The molecule has 158 valence electrons. The van der Waals surface area contributed by atoms with Crippen molar-refractivity contribution < 1.29 is 9.90 Å². The number of nitrogens with one attached hydrogen (secondary N) is 2. The van der Waals surface area contributed by atoms with Gasteiger partial charge in [-0.15, -0.1) is 0 Å². The molecule has 2 aromatic carbocycles. The van der Waals surface area contributed by atoms with E-state index in [0.29, 0.717) is 12.1 Å². The van der Waals surface area contributed by atoms with Crippen LogP contribution in [0.1, 0.15) is 48.9 Å². The van der Waals surface area contributed by atoms with Crippen molar-refractivity contribution in [2.45, 2.75) is 39.2 Å². The molecular formula is C25H26N4O2. The number of aliphatic hydroxyl groups excluding tert-OH is 1. The molecule has 0 saturated heterocycles. The maximum atomic E-state index is 11.1. The summed E-state index contributed by atoms with van der Waals surface area (Å²) in [6.45, 7) is 4.37. The minimum Gasteiger partial charge on any atom is -0.388 e. The van der Waals surface area contributed by atoms with Gasteiger partial charge < -0.3 is 21.1 Å². The van der Waals surface area contributed by atoms with E-state index >= 15 is 0 Å². The Morgan fingerprint density at radius 3 is 2.71 bits per heavy atom. The summed E-state index contributed by atoms with van der Waals surface area (Å²) in [5.74, 6) is 0. The Hall–Kier alpha value is -3.38. The van der Waals surface area contributed by atoms with E-state index in [9.17, 15) is 9.90 Å². The Kier molecular flexibility index (Phi) is 4.48. The lowest BCUT2D eigenvalue weighted by molar-refractivity contribution is 0.0997. The Labute approximate surface area is 180 Å². The molecule has 1 aliphatic carbocycles. The van der Waals surface area contributed by atoms with Gasteiger partial charge in [0.15, 0.2) is 0 Å². The van der Waals surface area contributed by atoms with Crippen LogP contribution in [0.4, 0.5) is 10.5 Å². The van der Waals surface area contributed by atoms with Crippen molar-refractivity contribution in [2.75, 3.05) is 5.32 Å². The predicted molar refractivity (Wildman–Crippen MR) is 123 cm³/mol. The van der Waals surface area contributed by atoms with E-state index in [1.165, 1.54) is 0 Å². The van der Waals surface area contributed by atoms with Crippen molar-refractivity contribution in [1.29, 1.82) is 0 Å². The molecule has 31 heavy (non-hydrogen) atoms. The number of pyridine rings is 1. The number of urea groups is 1. The first kappa shape index (κ1) is 19.6. The third kappa shape index (κ3) is 3.53. The number of carbonyl (C=O) groups excluding carboxylic acids is 1. The Bertz CT molecular complexity index is 1300. The number of hydrogen-bond acceptors (Lipinski definition) is 3. The fraction of sp³-hybridized carbons (Fsp3) is 0.280. The summed E-state index contributed by atoms with van der Waals surface area (Å²) in [4.78, 5) is 19.7. The summed E-state index contributed by atoms with van der Waals surface area (Å²) >= 11 is 0. The summed E-state index contributed by atoms with van der Waals surface area (Å²) in [5.41, 5.74) is 11.9. The summed E-state index contributed by atoms with van der Waals surface area (Å²) in [6.07, 6.45) is 1.68. The molecule has 2 aromatic heterocycles. The number of nitrogens with two attached hydrogens (primary N) is 1. The quantitative estimate of drug-likeness (QED) is 0.387. The highest BCUT2D eigenvalue weighted by atomic mass is 16.3. The van der Waals surface area contributed by atoms with Gasteiger partial charge in [-0.05, 0) is 42.0 Å². The number of hydrogen-bond donors (Lipinski definition) is 4. The molecule has 0 saturated carbocycles.